The number of ether oxygens (including phenoxy) is 2. The Morgan fingerprint density at radius 2 is 1.82 bits per heavy atom. The van der Waals surface area contributed by atoms with Crippen molar-refractivity contribution in [3.63, 3.8) is 0 Å². The van der Waals surface area contributed by atoms with Gasteiger partial charge in [-0.05, 0) is 17.6 Å². The molecule has 0 atom stereocenters. The third-order valence-electron chi connectivity index (χ3n) is 4.64. The first-order valence-corrected chi connectivity index (χ1v) is 9.39. The maximum absolute atomic E-state index is 12.4. The van der Waals surface area contributed by atoms with Gasteiger partial charge in [0.2, 0.25) is 5.95 Å². The average molecular weight is 401 g/mol. The maximum Gasteiger partial charge on any atom is 0.267 e. The van der Waals surface area contributed by atoms with Crippen LogP contribution in [0, 0.1) is 0 Å². The molecule has 28 heavy (non-hydrogen) atoms. The Kier molecular flexibility index (Phi) is 4.82. The predicted molar refractivity (Wildman–Crippen MR) is 105 cm³/mol. The Hall–Kier alpha value is -3.21. The molecule has 0 spiro atoms. The van der Waals surface area contributed by atoms with Crippen LogP contribution in [-0.2, 0) is 0 Å². The molecule has 0 unspecified atom stereocenters. The van der Waals surface area contributed by atoms with Gasteiger partial charge in [0.1, 0.15) is 10.7 Å². The number of nitrogens with zero attached hydrogens (tertiary/aromatic N) is 6. The van der Waals surface area contributed by atoms with Gasteiger partial charge in [-0.3, -0.25) is 4.79 Å². The van der Waals surface area contributed by atoms with Crippen molar-refractivity contribution in [3.05, 3.63) is 23.2 Å². The van der Waals surface area contributed by atoms with Crippen molar-refractivity contribution in [1.82, 2.24) is 24.5 Å². The average Bonchev–Trinajstić information content (AvgIpc) is 3.27. The third-order valence-corrected chi connectivity index (χ3v) is 5.29. The van der Waals surface area contributed by atoms with Crippen LogP contribution in [-0.4, -0.2) is 70.8 Å². The van der Waals surface area contributed by atoms with Gasteiger partial charge in [0, 0.05) is 37.6 Å². The Labute approximate surface area is 165 Å². The quantitative estimate of drug-likeness (QED) is 0.684. The van der Waals surface area contributed by atoms with Crippen LogP contribution in [0.25, 0.3) is 10.9 Å². The van der Waals surface area contributed by atoms with Crippen LogP contribution in [0.5, 0.6) is 11.5 Å². The third kappa shape index (κ3) is 3.24. The summed E-state index contributed by atoms with van der Waals surface area (Å²) in [6.07, 6.45) is 1.49. The summed E-state index contributed by atoms with van der Waals surface area (Å²) in [5.41, 5.74) is 6.84. The molecule has 1 saturated heterocycles. The Morgan fingerprint density at radius 3 is 2.46 bits per heavy atom. The highest BCUT2D eigenvalue weighted by Crippen LogP contribution is 2.34. The van der Waals surface area contributed by atoms with Gasteiger partial charge in [-0.25, -0.2) is 4.98 Å². The molecule has 1 aliphatic rings. The van der Waals surface area contributed by atoms with Crippen molar-refractivity contribution in [2.45, 2.75) is 0 Å². The van der Waals surface area contributed by atoms with Crippen LogP contribution in [0.4, 0.5) is 11.8 Å². The number of nitrogens with two attached hydrogens (primary N) is 1. The molecule has 0 radical (unpaired) electrons. The van der Waals surface area contributed by atoms with Gasteiger partial charge in [-0.15, -0.1) is 5.10 Å². The van der Waals surface area contributed by atoms with E-state index < -0.39 is 0 Å². The standard InChI is InChI=1S/C17H19N7O3S/c1-26-12-7-10-11(8-13(12)27-2)20-17(21-15(10)18)24-5-3-23(4-6-24)16(25)14-9-19-22-28-14/h7-9H,3-6H2,1-2H3,(H2,18,20,21). The first-order valence-electron chi connectivity index (χ1n) is 8.61. The number of methoxy groups -OCH3 is 2. The van der Waals surface area contributed by atoms with E-state index in [0.717, 1.165) is 11.5 Å². The van der Waals surface area contributed by atoms with Gasteiger partial charge in [0.05, 0.1) is 25.9 Å². The SMILES string of the molecule is COc1cc2nc(N3CCN(C(=O)c4cnns4)CC3)nc(N)c2cc1OC. The fourth-order valence-electron chi connectivity index (χ4n) is 3.13. The minimum Gasteiger partial charge on any atom is -0.493 e. The van der Waals surface area contributed by atoms with Crippen molar-refractivity contribution in [1.29, 1.82) is 0 Å². The van der Waals surface area contributed by atoms with E-state index in [1.807, 2.05) is 4.90 Å². The zero-order chi connectivity index (χ0) is 19.7. The Morgan fingerprint density at radius 1 is 1.11 bits per heavy atom. The molecule has 3 aromatic rings. The maximum atomic E-state index is 12.4. The summed E-state index contributed by atoms with van der Waals surface area (Å²) in [6, 6.07) is 3.55. The van der Waals surface area contributed by atoms with Crippen LogP contribution < -0.4 is 20.1 Å². The second kappa shape index (κ2) is 7.43. The highest BCUT2D eigenvalue weighted by Gasteiger charge is 2.25. The van der Waals surface area contributed by atoms with Crippen LogP contribution in [0.2, 0.25) is 0 Å². The molecule has 1 aliphatic heterocycles. The number of carbonyl (C=O) groups excluding carboxylic acids is 1. The molecule has 3 heterocycles. The van der Waals surface area contributed by atoms with Gasteiger partial charge in [0.25, 0.3) is 5.91 Å². The lowest BCUT2D eigenvalue weighted by Gasteiger charge is -2.34. The molecule has 0 saturated carbocycles. The highest BCUT2D eigenvalue weighted by atomic mass is 32.1. The molecule has 10 nitrogen and oxygen atoms in total. The van der Waals surface area contributed by atoms with Gasteiger partial charge >= 0.3 is 0 Å². The molecule has 4 rings (SSSR count). The number of hydrogen-bond acceptors (Lipinski definition) is 10. The van der Waals surface area contributed by atoms with E-state index in [1.54, 1.807) is 31.3 Å². The summed E-state index contributed by atoms with van der Waals surface area (Å²) >= 11 is 1.10. The number of anilines is 2. The van der Waals surface area contributed by atoms with E-state index in [9.17, 15) is 4.79 Å². The topological polar surface area (TPSA) is 120 Å². The number of rotatable bonds is 4. The lowest BCUT2D eigenvalue weighted by atomic mass is 10.2. The summed E-state index contributed by atoms with van der Waals surface area (Å²) in [5.74, 6) is 2.00. The molecule has 2 aromatic heterocycles. The van der Waals surface area contributed by atoms with E-state index in [1.165, 1.54) is 6.20 Å². The normalized spacial score (nSPS) is 14.4. The number of benzene rings is 1. The number of nitrogen functional groups attached to an aromatic ring is 1. The predicted octanol–water partition coefficient (Wildman–Crippen LogP) is 1.04. The number of amides is 1. The minimum absolute atomic E-state index is 0.0505. The Balaban J connectivity index is 1.56. The summed E-state index contributed by atoms with van der Waals surface area (Å²) in [4.78, 5) is 25.9. The number of hydrogen-bond donors (Lipinski definition) is 1. The zero-order valence-corrected chi connectivity index (χ0v) is 16.3. The molecule has 11 heteroatoms. The van der Waals surface area contributed by atoms with Gasteiger partial charge in [-0.1, -0.05) is 4.49 Å². The van der Waals surface area contributed by atoms with Crippen LogP contribution in [0.3, 0.4) is 0 Å². The lowest BCUT2D eigenvalue weighted by Crippen LogP contribution is -2.49. The molecule has 1 fully saturated rings. The molecule has 2 N–H and O–H groups in total. The zero-order valence-electron chi connectivity index (χ0n) is 15.5. The number of carbonyl (C=O) groups is 1. The van der Waals surface area contributed by atoms with Crippen LogP contribution >= 0.6 is 11.5 Å². The largest absolute Gasteiger partial charge is 0.493 e. The second-order valence-electron chi connectivity index (χ2n) is 6.19. The monoisotopic (exact) mass is 401 g/mol. The Bertz CT molecular complexity index is 1000. The van der Waals surface area contributed by atoms with Gasteiger partial charge in [-0.2, -0.15) is 4.98 Å². The van der Waals surface area contributed by atoms with Crippen LogP contribution in [0.15, 0.2) is 18.3 Å². The number of fused-ring (bicyclic) bond motifs is 1. The minimum atomic E-state index is -0.0505. The van der Waals surface area contributed by atoms with Crippen molar-refractivity contribution in [3.8, 4) is 11.5 Å². The fraction of sp³-hybridized carbons (Fsp3) is 0.353. The molecule has 0 aliphatic carbocycles. The molecule has 146 valence electrons. The van der Waals surface area contributed by atoms with E-state index in [-0.39, 0.29) is 5.91 Å². The number of piperazine rings is 1. The highest BCUT2D eigenvalue weighted by molar-refractivity contribution is 7.07. The van der Waals surface area contributed by atoms with E-state index in [4.69, 9.17) is 15.2 Å². The van der Waals surface area contributed by atoms with Crippen molar-refractivity contribution in [2.24, 2.45) is 0 Å². The van der Waals surface area contributed by atoms with Gasteiger partial charge in [0.15, 0.2) is 11.5 Å². The molecular weight excluding hydrogens is 382 g/mol. The van der Waals surface area contributed by atoms with Crippen LogP contribution in [0.1, 0.15) is 9.67 Å². The van der Waals surface area contributed by atoms with E-state index in [2.05, 4.69) is 19.6 Å². The summed E-state index contributed by atoms with van der Waals surface area (Å²) in [6.45, 7) is 2.33. The van der Waals surface area contributed by atoms with E-state index >= 15 is 0 Å². The van der Waals surface area contributed by atoms with Crippen molar-refractivity contribution < 1.29 is 14.3 Å². The molecule has 0 bridgehead atoms. The smallest absolute Gasteiger partial charge is 0.267 e. The van der Waals surface area contributed by atoms with E-state index in [0.29, 0.717) is 65.2 Å². The fourth-order valence-corrected chi connectivity index (χ4v) is 3.62. The first kappa shape index (κ1) is 18.2. The van der Waals surface area contributed by atoms with Crippen molar-refractivity contribution in [2.75, 3.05) is 51.0 Å². The summed E-state index contributed by atoms with van der Waals surface area (Å²) in [5, 5.41) is 4.43. The molecular formula is C17H19N7O3S. The second-order valence-corrected chi connectivity index (χ2v) is 6.98. The van der Waals surface area contributed by atoms with Crippen molar-refractivity contribution >= 4 is 40.1 Å². The first-order chi connectivity index (χ1) is 13.6. The number of aromatic nitrogens is 4. The summed E-state index contributed by atoms with van der Waals surface area (Å²) < 4.78 is 14.4. The van der Waals surface area contributed by atoms with Gasteiger partial charge < -0.3 is 25.0 Å². The lowest BCUT2D eigenvalue weighted by molar-refractivity contribution is 0.0751. The molecule has 1 aromatic carbocycles. The summed E-state index contributed by atoms with van der Waals surface area (Å²) in [7, 11) is 3.14. The molecule has 1 amide bonds.